The maximum Gasteiger partial charge on any atom is 0.293 e. The largest absolute Gasteiger partial charge is 0.458 e. The molecule has 4 atom stereocenters. The number of ether oxygens (including phenoxy) is 2. The minimum absolute atomic E-state index is 0.0278. The van der Waals surface area contributed by atoms with Gasteiger partial charge in [0.05, 0.1) is 6.33 Å². The lowest BCUT2D eigenvalue weighted by Gasteiger charge is -2.23. The molecule has 0 unspecified atom stereocenters. The van der Waals surface area contributed by atoms with Crippen LogP contribution in [0.5, 0.6) is 0 Å². The van der Waals surface area contributed by atoms with Crippen LogP contribution in [0.2, 0.25) is 0 Å². The standard InChI is InChI=1S/C37H38N8O6/c1-2-28-40-34(43-51-28)32-31(49-23-47)30(48)36(50-32)45-21-39-29-33(38-20-27(25-14-8-4-9-15-25)26-16-10-5-11-17-26)41-37(42-35(29)45)44(22-46)19-18-24-12-6-3-7-13-24/h3-17,21,23,27,30-32,36,46,48H,2,18-20,22H2,1H3,(H,38,41,42)/t30-,31+,32+,36-/m1/s1. The summed E-state index contributed by atoms with van der Waals surface area (Å²) >= 11 is 0. The van der Waals surface area contributed by atoms with E-state index in [4.69, 9.17) is 24.0 Å². The van der Waals surface area contributed by atoms with Gasteiger partial charge >= 0.3 is 0 Å². The Morgan fingerprint density at radius 2 is 1.67 bits per heavy atom. The molecule has 6 aromatic rings. The number of fused-ring (bicyclic) bond motifs is 1. The zero-order valence-corrected chi connectivity index (χ0v) is 27.9. The number of aliphatic hydroxyl groups excluding tert-OH is 2. The molecule has 0 bridgehead atoms. The van der Waals surface area contributed by atoms with Crippen LogP contribution in [0, 0.1) is 0 Å². The van der Waals surface area contributed by atoms with Crippen LogP contribution in [0.15, 0.2) is 102 Å². The molecule has 1 saturated heterocycles. The van der Waals surface area contributed by atoms with Crippen molar-refractivity contribution in [3.05, 3.63) is 126 Å². The number of nitrogens with one attached hydrogen (secondary N) is 1. The maximum atomic E-state index is 11.5. The number of hydrogen-bond donors (Lipinski definition) is 3. The maximum absolute atomic E-state index is 11.5. The van der Waals surface area contributed by atoms with E-state index in [1.807, 2.05) is 73.7 Å². The Hall–Kier alpha value is -5.70. The van der Waals surface area contributed by atoms with Gasteiger partial charge in [0.1, 0.15) is 12.8 Å². The Morgan fingerprint density at radius 3 is 2.29 bits per heavy atom. The molecule has 262 valence electrons. The Bertz CT molecular complexity index is 1990. The summed E-state index contributed by atoms with van der Waals surface area (Å²) in [5.41, 5.74) is 4.08. The molecule has 1 aliphatic heterocycles. The number of aliphatic hydroxyl groups is 2. The molecule has 1 aliphatic rings. The van der Waals surface area contributed by atoms with Crippen molar-refractivity contribution in [2.75, 3.05) is 30.0 Å². The molecule has 3 N–H and O–H groups in total. The number of aryl methyl sites for hydroxylation is 1. The van der Waals surface area contributed by atoms with Gasteiger partial charge in [0.15, 0.2) is 35.4 Å². The summed E-state index contributed by atoms with van der Waals surface area (Å²) in [4.78, 5) is 31.9. The fraction of sp³-hybridized carbons (Fsp3) is 0.297. The molecule has 0 aliphatic carbocycles. The first-order valence-electron chi connectivity index (χ1n) is 16.8. The van der Waals surface area contributed by atoms with Crippen LogP contribution >= 0.6 is 0 Å². The monoisotopic (exact) mass is 690 g/mol. The van der Waals surface area contributed by atoms with Crippen molar-refractivity contribution in [2.24, 2.45) is 0 Å². The predicted molar refractivity (Wildman–Crippen MR) is 187 cm³/mol. The molecule has 3 aromatic carbocycles. The minimum atomic E-state index is -1.34. The number of anilines is 2. The molecule has 14 nitrogen and oxygen atoms in total. The number of nitrogens with zero attached hydrogens (tertiary/aromatic N) is 7. The number of rotatable bonds is 15. The van der Waals surface area contributed by atoms with Crippen molar-refractivity contribution in [3.8, 4) is 0 Å². The van der Waals surface area contributed by atoms with Gasteiger partial charge in [-0.15, -0.1) is 0 Å². The van der Waals surface area contributed by atoms with Crippen LogP contribution in [0.25, 0.3) is 11.2 Å². The van der Waals surface area contributed by atoms with Crippen molar-refractivity contribution in [3.63, 3.8) is 0 Å². The highest BCUT2D eigenvalue weighted by molar-refractivity contribution is 5.84. The van der Waals surface area contributed by atoms with Gasteiger partial charge in [-0.1, -0.05) is 103 Å². The van der Waals surface area contributed by atoms with Gasteiger partial charge in [0.25, 0.3) is 6.47 Å². The highest BCUT2D eigenvalue weighted by Gasteiger charge is 2.49. The number of aromatic nitrogens is 6. The number of imidazole rings is 1. The van der Waals surface area contributed by atoms with Crippen LogP contribution in [-0.2, 0) is 27.1 Å². The highest BCUT2D eigenvalue weighted by atomic mass is 16.6. The van der Waals surface area contributed by atoms with Crippen LogP contribution in [0.4, 0.5) is 11.8 Å². The third-order valence-corrected chi connectivity index (χ3v) is 8.99. The summed E-state index contributed by atoms with van der Waals surface area (Å²) < 4.78 is 18.4. The van der Waals surface area contributed by atoms with Gasteiger partial charge in [-0.05, 0) is 23.1 Å². The molecule has 51 heavy (non-hydrogen) atoms. The van der Waals surface area contributed by atoms with Crippen molar-refractivity contribution in [2.45, 2.75) is 50.2 Å². The third kappa shape index (κ3) is 7.15. The van der Waals surface area contributed by atoms with Crippen molar-refractivity contribution in [1.29, 1.82) is 0 Å². The smallest absolute Gasteiger partial charge is 0.293 e. The van der Waals surface area contributed by atoms with Gasteiger partial charge in [0.2, 0.25) is 17.7 Å². The minimum Gasteiger partial charge on any atom is -0.458 e. The SMILES string of the molecule is CCc1nc([C@H]2O[C@@H](n3cnc4c(NCC(c5ccccc5)c5ccccc5)nc(N(CO)CCc5ccccc5)nc43)[C@H](O)[C@@H]2OC=O)no1. The van der Waals surface area contributed by atoms with Gasteiger partial charge in [-0.25, -0.2) is 4.98 Å². The van der Waals surface area contributed by atoms with E-state index in [0.717, 1.165) is 16.7 Å². The second-order valence-electron chi connectivity index (χ2n) is 12.1. The molecule has 0 saturated carbocycles. The second kappa shape index (κ2) is 15.5. The summed E-state index contributed by atoms with van der Waals surface area (Å²) in [6.07, 6.45) is -1.98. The molecule has 1 fully saturated rings. The molecule has 3 aromatic heterocycles. The van der Waals surface area contributed by atoms with Crippen molar-refractivity contribution >= 4 is 29.4 Å². The zero-order chi connectivity index (χ0) is 35.2. The fourth-order valence-electron chi connectivity index (χ4n) is 6.33. The Balaban J connectivity index is 1.27. The van der Waals surface area contributed by atoms with E-state index in [1.54, 1.807) is 9.47 Å². The van der Waals surface area contributed by atoms with Crippen molar-refractivity contribution in [1.82, 2.24) is 29.7 Å². The van der Waals surface area contributed by atoms with E-state index in [9.17, 15) is 15.0 Å². The van der Waals surface area contributed by atoms with Crippen LogP contribution < -0.4 is 10.2 Å². The zero-order valence-electron chi connectivity index (χ0n) is 27.9. The molecule has 4 heterocycles. The summed E-state index contributed by atoms with van der Waals surface area (Å²) in [6, 6.07) is 30.3. The first kappa shape index (κ1) is 33.8. The van der Waals surface area contributed by atoms with E-state index >= 15 is 0 Å². The van der Waals surface area contributed by atoms with E-state index in [1.165, 1.54) is 6.33 Å². The lowest BCUT2D eigenvalue weighted by Crippen LogP contribution is -2.32. The first-order valence-corrected chi connectivity index (χ1v) is 16.8. The lowest BCUT2D eigenvalue weighted by molar-refractivity contribution is -0.140. The number of hydrogen-bond acceptors (Lipinski definition) is 13. The molecule has 7 rings (SSSR count). The molecule has 14 heteroatoms. The third-order valence-electron chi connectivity index (χ3n) is 8.99. The summed E-state index contributed by atoms with van der Waals surface area (Å²) in [6.45, 7) is 2.66. The van der Waals surface area contributed by atoms with Crippen LogP contribution in [0.3, 0.4) is 0 Å². The molecular weight excluding hydrogens is 652 g/mol. The van der Waals surface area contributed by atoms with Gasteiger partial charge < -0.3 is 34.4 Å². The normalized spacial score (nSPS) is 18.7. The van der Waals surface area contributed by atoms with Gasteiger partial charge in [-0.2, -0.15) is 15.0 Å². The Kier molecular flexibility index (Phi) is 10.2. The van der Waals surface area contributed by atoms with E-state index < -0.39 is 24.5 Å². The van der Waals surface area contributed by atoms with Crippen LogP contribution in [-0.4, -0.2) is 78.4 Å². The van der Waals surface area contributed by atoms with Crippen LogP contribution in [0.1, 0.15) is 53.6 Å². The van der Waals surface area contributed by atoms with Gasteiger partial charge in [-0.3, -0.25) is 9.36 Å². The summed E-state index contributed by atoms with van der Waals surface area (Å²) in [7, 11) is 0. The number of carbonyl (C=O) groups excluding carboxylic acids is 1. The molecule has 0 spiro atoms. The average molecular weight is 691 g/mol. The average Bonchev–Trinajstić information content (AvgIpc) is 3.91. The molecule has 0 radical (unpaired) electrons. The summed E-state index contributed by atoms with van der Waals surface area (Å²) in [5.74, 6) is 1.17. The van der Waals surface area contributed by atoms with Crippen molar-refractivity contribution < 1.29 is 29.0 Å². The van der Waals surface area contributed by atoms with E-state index in [-0.39, 0.29) is 30.9 Å². The second-order valence-corrected chi connectivity index (χ2v) is 12.1. The van der Waals surface area contributed by atoms with E-state index in [0.29, 0.717) is 48.8 Å². The number of carbonyl (C=O) groups is 1. The molecular formula is C37H38N8O6. The fourth-order valence-corrected chi connectivity index (χ4v) is 6.33. The molecule has 0 amide bonds. The Labute approximate surface area is 293 Å². The lowest BCUT2D eigenvalue weighted by atomic mass is 9.91. The first-order chi connectivity index (χ1) is 25.1. The van der Waals surface area contributed by atoms with Gasteiger partial charge in [0, 0.05) is 25.4 Å². The van der Waals surface area contributed by atoms with E-state index in [2.05, 4.69) is 44.7 Å². The summed E-state index contributed by atoms with van der Waals surface area (Å²) in [5, 5.41) is 29.6. The number of benzene rings is 3. The highest BCUT2D eigenvalue weighted by Crippen LogP contribution is 2.41. The predicted octanol–water partition coefficient (Wildman–Crippen LogP) is 4.19. The topological polar surface area (TPSA) is 174 Å². The Morgan fingerprint density at radius 1 is 0.980 bits per heavy atom. The quantitative estimate of drug-likeness (QED) is 0.104.